The van der Waals surface area contributed by atoms with E-state index in [9.17, 15) is 32.0 Å². The van der Waals surface area contributed by atoms with E-state index in [4.69, 9.17) is 5.41 Å². The number of Topliss-reactive ketones (excluding diaryl/α,β-unsaturated/α-hetero) is 1. The van der Waals surface area contributed by atoms with Gasteiger partial charge in [0, 0.05) is 26.1 Å². The SMILES string of the molecule is CC(=O)N[C@@H](CS(C)(=O)=O)C(=O)N[C@@H](CCC(=O)C=N)C(=O)NCc1ccc(F)cc1. The van der Waals surface area contributed by atoms with E-state index in [0.717, 1.165) is 13.2 Å². The summed E-state index contributed by atoms with van der Waals surface area (Å²) in [5, 5.41) is 14.1. The zero-order valence-corrected chi connectivity index (χ0v) is 17.9. The van der Waals surface area contributed by atoms with Gasteiger partial charge in [0.15, 0.2) is 5.78 Å². The Morgan fingerprint density at radius 2 is 1.68 bits per heavy atom. The molecule has 2 atom stereocenters. The number of rotatable bonds is 12. The Morgan fingerprint density at radius 3 is 2.19 bits per heavy atom. The third-order valence-electron chi connectivity index (χ3n) is 4.02. The molecule has 12 heteroatoms. The summed E-state index contributed by atoms with van der Waals surface area (Å²) in [5.74, 6) is -3.91. The van der Waals surface area contributed by atoms with Crippen LogP contribution < -0.4 is 16.0 Å². The average molecular weight is 456 g/mol. The number of nitrogens with one attached hydrogen (secondary N) is 4. The highest BCUT2D eigenvalue weighted by molar-refractivity contribution is 7.90. The molecule has 1 aromatic rings. The summed E-state index contributed by atoms with van der Waals surface area (Å²) in [6.45, 7) is 1.13. The highest BCUT2D eigenvalue weighted by atomic mass is 32.2. The number of hydrogen-bond acceptors (Lipinski definition) is 7. The fourth-order valence-corrected chi connectivity index (χ4v) is 3.39. The molecule has 1 rings (SSSR count). The molecular weight excluding hydrogens is 431 g/mol. The maximum atomic E-state index is 13.0. The van der Waals surface area contributed by atoms with Crippen molar-refractivity contribution in [2.75, 3.05) is 12.0 Å². The summed E-state index contributed by atoms with van der Waals surface area (Å²) < 4.78 is 36.1. The molecule has 3 amide bonds. The summed E-state index contributed by atoms with van der Waals surface area (Å²) in [4.78, 5) is 47.9. The first kappa shape index (κ1) is 25.9. The van der Waals surface area contributed by atoms with Crippen molar-refractivity contribution in [1.82, 2.24) is 16.0 Å². The predicted octanol–water partition coefficient (Wildman–Crippen LogP) is -0.525. The second-order valence-corrected chi connectivity index (χ2v) is 9.09. The Morgan fingerprint density at radius 1 is 1.06 bits per heavy atom. The van der Waals surface area contributed by atoms with E-state index in [1.54, 1.807) is 0 Å². The highest BCUT2D eigenvalue weighted by Gasteiger charge is 2.28. The lowest BCUT2D eigenvalue weighted by molar-refractivity contribution is -0.131. The van der Waals surface area contributed by atoms with Crippen molar-refractivity contribution in [3.05, 3.63) is 35.6 Å². The van der Waals surface area contributed by atoms with Crippen LogP contribution in [0.15, 0.2) is 24.3 Å². The van der Waals surface area contributed by atoms with Crippen molar-refractivity contribution in [2.45, 2.75) is 38.4 Å². The summed E-state index contributed by atoms with van der Waals surface area (Å²) in [6, 6.07) is 2.69. The molecule has 0 saturated heterocycles. The number of halogens is 1. The topological polar surface area (TPSA) is 162 Å². The van der Waals surface area contributed by atoms with Gasteiger partial charge in [-0.2, -0.15) is 0 Å². The van der Waals surface area contributed by atoms with Crippen LogP contribution >= 0.6 is 0 Å². The van der Waals surface area contributed by atoms with Crippen LogP contribution in [0.2, 0.25) is 0 Å². The molecule has 0 aliphatic rings. The molecular formula is C19H25FN4O6S. The van der Waals surface area contributed by atoms with E-state index < -0.39 is 57.0 Å². The molecule has 4 N–H and O–H groups in total. The summed E-state index contributed by atoms with van der Waals surface area (Å²) in [7, 11) is -3.64. The van der Waals surface area contributed by atoms with Gasteiger partial charge in [0.25, 0.3) is 0 Å². The minimum absolute atomic E-state index is 0.0163. The third-order valence-corrected chi connectivity index (χ3v) is 4.96. The first-order valence-corrected chi connectivity index (χ1v) is 11.3. The van der Waals surface area contributed by atoms with E-state index in [-0.39, 0.29) is 19.4 Å². The van der Waals surface area contributed by atoms with Crippen LogP contribution in [0.25, 0.3) is 0 Å². The maximum Gasteiger partial charge on any atom is 0.244 e. The van der Waals surface area contributed by atoms with Crippen molar-refractivity contribution in [3.8, 4) is 0 Å². The number of benzene rings is 1. The van der Waals surface area contributed by atoms with Crippen LogP contribution in [0.4, 0.5) is 4.39 Å². The number of hydrogen-bond donors (Lipinski definition) is 4. The van der Waals surface area contributed by atoms with E-state index in [1.807, 2.05) is 0 Å². The van der Waals surface area contributed by atoms with E-state index in [1.165, 1.54) is 24.3 Å². The van der Waals surface area contributed by atoms with Crippen LogP contribution in [0.5, 0.6) is 0 Å². The van der Waals surface area contributed by atoms with Gasteiger partial charge in [-0.15, -0.1) is 0 Å². The minimum atomic E-state index is -3.64. The molecule has 31 heavy (non-hydrogen) atoms. The molecule has 0 aliphatic carbocycles. The lowest BCUT2D eigenvalue weighted by Gasteiger charge is -2.22. The van der Waals surface area contributed by atoms with E-state index >= 15 is 0 Å². The van der Waals surface area contributed by atoms with Crippen LogP contribution in [0, 0.1) is 11.2 Å². The third kappa shape index (κ3) is 10.4. The first-order valence-electron chi connectivity index (χ1n) is 9.22. The number of ketones is 1. The molecule has 0 radical (unpaired) electrons. The molecule has 170 valence electrons. The van der Waals surface area contributed by atoms with Crippen molar-refractivity contribution in [2.24, 2.45) is 0 Å². The zero-order chi connectivity index (χ0) is 23.6. The van der Waals surface area contributed by atoms with E-state index in [0.29, 0.717) is 11.8 Å². The highest BCUT2D eigenvalue weighted by Crippen LogP contribution is 2.05. The Balaban J connectivity index is 2.92. The van der Waals surface area contributed by atoms with Gasteiger partial charge in [-0.3, -0.25) is 19.2 Å². The fourth-order valence-electron chi connectivity index (χ4n) is 2.55. The second-order valence-electron chi connectivity index (χ2n) is 6.90. The van der Waals surface area contributed by atoms with E-state index in [2.05, 4.69) is 16.0 Å². The second kappa shape index (κ2) is 11.9. The van der Waals surface area contributed by atoms with Crippen LogP contribution in [0.1, 0.15) is 25.3 Å². The maximum absolute atomic E-state index is 13.0. The lowest BCUT2D eigenvalue weighted by atomic mass is 10.1. The number of sulfone groups is 1. The number of carbonyl (C=O) groups excluding carboxylic acids is 4. The predicted molar refractivity (Wildman–Crippen MR) is 111 cm³/mol. The lowest BCUT2D eigenvalue weighted by Crippen LogP contribution is -2.55. The normalized spacial score (nSPS) is 12.9. The van der Waals surface area contributed by atoms with Gasteiger partial charge in [0.1, 0.15) is 27.7 Å². The van der Waals surface area contributed by atoms with Crippen molar-refractivity contribution in [1.29, 1.82) is 5.41 Å². The summed E-state index contributed by atoms with van der Waals surface area (Å²) in [5.41, 5.74) is 0.587. The Kier molecular flexibility index (Phi) is 9.93. The zero-order valence-electron chi connectivity index (χ0n) is 17.1. The van der Waals surface area contributed by atoms with Crippen molar-refractivity contribution < 1.29 is 32.0 Å². The molecule has 0 spiro atoms. The monoisotopic (exact) mass is 456 g/mol. The molecule has 10 nitrogen and oxygen atoms in total. The molecule has 1 aromatic carbocycles. The Bertz CT molecular complexity index is 933. The molecule has 0 aliphatic heterocycles. The van der Waals surface area contributed by atoms with Crippen molar-refractivity contribution in [3.63, 3.8) is 0 Å². The van der Waals surface area contributed by atoms with Gasteiger partial charge < -0.3 is 21.4 Å². The first-order chi connectivity index (χ1) is 14.4. The van der Waals surface area contributed by atoms with Gasteiger partial charge in [-0.05, 0) is 24.1 Å². The molecule has 0 heterocycles. The van der Waals surface area contributed by atoms with Crippen molar-refractivity contribution >= 4 is 39.6 Å². The molecule has 0 bridgehead atoms. The van der Waals surface area contributed by atoms with Gasteiger partial charge in [-0.1, -0.05) is 12.1 Å². The fraction of sp³-hybridized carbons (Fsp3) is 0.421. The smallest absolute Gasteiger partial charge is 0.244 e. The molecule has 0 unspecified atom stereocenters. The standard InChI is InChI=1S/C19H25FN4O6S/c1-12(25)23-17(11-31(2,29)30)19(28)24-16(8-7-15(26)9-21)18(27)22-10-13-3-5-14(20)6-4-13/h3-6,9,16-17,21H,7-8,10-11H2,1-2H3,(H,22,27)(H,23,25)(H,24,28)/t16-,17-/m0/s1. The Labute approximate surface area is 179 Å². The van der Waals surface area contributed by atoms with Gasteiger partial charge in [0.2, 0.25) is 17.7 Å². The largest absolute Gasteiger partial charge is 0.350 e. The minimum Gasteiger partial charge on any atom is -0.350 e. The molecule has 0 aromatic heterocycles. The van der Waals surface area contributed by atoms with Crippen LogP contribution in [-0.4, -0.2) is 62.2 Å². The van der Waals surface area contributed by atoms with Crippen LogP contribution in [0.3, 0.4) is 0 Å². The van der Waals surface area contributed by atoms with Crippen LogP contribution in [-0.2, 0) is 35.6 Å². The van der Waals surface area contributed by atoms with Gasteiger partial charge >= 0.3 is 0 Å². The number of amides is 3. The summed E-state index contributed by atoms with van der Waals surface area (Å²) in [6.07, 6.45) is 1.11. The molecule has 0 fully saturated rings. The van der Waals surface area contributed by atoms with Gasteiger partial charge in [0.05, 0.1) is 12.0 Å². The molecule has 0 saturated carbocycles. The quantitative estimate of drug-likeness (QED) is 0.309. The summed E-state index contributed by atoms with van der Waals surface area (Å²) >= 11 is 0. The number of carbonyl (C=O) groups is 4. The Hall–Kier alpha value is -3.15. The van der Waals surface area contributed by atoms with Gasteiger partial charge in [-0.25, -0.2) is 12.8 Å². The average Bonchev–Trinajstić information content (AvgIpc) is 2.68.